The van der Waals surface area contributed by atoms with Crippen LogP contribution in [0, 0.1) is 11.7 Å². The molecule has 1 saturated heterocycles. The van der Waals surface area contributed by atoms with Crippen molar-refractivity contribution in [2.45, 2.75) is 19.4 Å². The number of benzene rings is 1. The topological polar surface area (TPSA) is 66.8 Å². The number of nitrogens with zero attached hydrogens (tertiary/aromatic N) is 1. The van der Waals surface area contributed by atoms with Crippen molar-refractivity contribution in [2.75, 3.05) is 13.1 Å². The van der Waals surface area contributed by atoms with Crippen molar-refractivity contribution in [3.05, 3.63) is 40.7 Å². The molecule has 6 heteroatoms. The van der Waals surface area contributed by atoms with Crippen molar-refractivity contribution in [1.82, 2.24) is 4.90 Å². The molecule has 0 atom stereocenters. The summed E-state index contributed by atoms with van der Waals surface area (Å²) in [5.41, 5.74) is 1.04. The number of hydrogen-bond acceptors (Lipinski definition) is 3. The van der Waals surface area contributed by atoms with Crippen molar-refractivity contribution < 1.29 is 23.8 Å². The minimum absolute atomic E-state index is 0.0152. The Bertz CT molecular complexity index is 648. The number of carbonyl (C=O) groups is 2. The van der Waals surface area contributed by atoms with E-state index in [0.29, 0.717) is 29.8 Å². The first-order chi connectivity index (χ1) is 10.6. The molecule has 0 aromatic heterocycles. The Labute approximate surface area is 127 Å². The molecule has 2 aliphatic rings. The number of likely N-dealkylation sites (tertiary alicyclic amines) is 1. The molecule has 5 nitrogen and oxygen atoms in total. The summed E-state index contributed by atoms with van der Waals surface area (Å²) in [6, 6.07) is 3.16. The molecule has 1 N–H and O–H groups in total. The van der Waals surface area contributed by atoms with Gasteiger partial charge in [0.1, 0.15) is 12.4 Å². The maximum absolute atomic E-state index is 14.3. The highest BCUT2D eigenvalue weighted by Crippen LogP contribution is 2.27. The average molecular weight is 305 g/mol. The summed E-state index contributed by atoms with van der Waals surface area (Å²) >= 11 is 0. The Kier molecular flexibility index (Phi) is 3.83. The van der Waals surface area contributed by atoms with Crippen molar-refractivity contribution in [3.8, 4) is 0 Å². The fourth-order valence-electron chi connectivity index (χ4n) is 2.84. The number of amides is 1. The van der Waals surface area contributed by atoms with Crippen molar-refractivity contribution in [1.29, 1.82) is 0 Å². The standard InChI is InChI=1S/C16H16FNO4/c17-14-11(3-4-12-13(14)9-22-15(12)19)2-1-10-5-7-18(8-6-10)16(20)21/h1-4,10H,5-9H2,(H,20,21)/b2-1+. The van der Waals surface area contributed by atoms with E-state index in [2.05, 4.69) is 0 Å². The number of piperidine rings is 1. The Balaban J connectivity index is 1.69. The molecule has 0 spiro atoms. The number of carbonyl (C=O) groups excluding carboxylic acids is 1. The molecule has 0 radical (unpaired) electrons. The van der Waals surface area contributed by atoms with Gasteiger partial charge in [-0.1, -0.05) is 18.2 Å². The zero-order chi connectivity index (χ0) is 15.7. The van der Waals surface area contributed by atoms with E-state index >= 15 is 0 Å². The molecule has 0 saturated carbocycles. The van der Waals surface area contributed by atoms with Gasteiger partial charge >= 0.3 is 12.1 Å². The first kappa shape index (κ1) is 14.6. The lowest BCUT2D eigenvalue weighted by atomic mass is 9.95. The zero-order valence-electron chi connectivity index (χ0n) is 11.9. The van der Waals surface area contributed by atoms with Crippen LogP contribution in [-0.4, -0.2) is 35.2 Å². The first-order valence-electron chi connectivity index (χ1n) is 7.21. The third-order valence-electron chi connectivity index (χ3n) is 4.20. The van der Waals surface area contributed by atoms with Gasteiger partial charge < -0.3 is 14.7 Å². The Morgan fingerprint density at radius 2 is 2.09 bits per heavy atom. The van der Waals surface area contributed by atoms with Crippen LogP contribution in [0.4, 0.5) is 9.18 Å². The summed E-state index contributed by atoms with van der Waals surface area (Å²) in [4.78, 5) is 23.6. The minimum Gasteiger partial charge on any atom is -0.465 e. The molecule has 1 aromatic carbocycles. The van der Waals surface area contributed by atoms with Crippen LogP contribution in [0.15, 0.2) is 18.2 Å². The lowest BCUT2D eigenvalue weighted by molar-refractivity contribution is 0.0533. The van der Waals surface area contributed by atoms with Gasteiger partial charge in [-0.3, -0.25) is 0 Å². The molecule has 3 rings (SSSR count). The Hall–Kier alpha value is -2.37. The predicted octanol–water partition coefficient (Wildman–Crippen LogP) is 2.90. The number of rotatable bonds is 2. The molecule has 0 aliphatic carbocycles. The first-order valence-corrected chi connectivity index (χ1v) is 7.21. The average Bonchev–Trinajstić information content (AvgIpc) is 2.89. The normalized spacial score (nSPS) is 18.6. The van der Waals surface area contributed by atoms with Crippen LogP contribution in [0.3, 0.4) is 0 Å². The maximum atomic E-state index is 14.3. The SMILES string of the molecule is O=C1OCc2c1ccc(/C=C/C1CCN(C(=O)O)CC1)c2F. The number of cyclic esters (lactones) is 1. The second kappa shape index (κ2) is 5.79. The largest absolute Gasteiger partial charge is 0.465 e. The van der Waals surface area contributed by atoms with Crippen molar-refractivity contribution >= 4 is 18.1 Å². The molecule has 2 heterocycles. The summed E-state index contributed by atoms with van der Waals surface area (Å²) in [5, 5.41) is 8.90. The number of halogens is 1. The van der Waals surface area contributed by atoms with Gasteiger partial charge in [0.15, 0.2) is 0 Å². The van der Waals surface area contributed by atoms with Gasteiger partial charge in [-0.05, 0) is 24.8 Å². The number of carboxylic acid groups (broad SMARTS) is 1. The van der Waals surface area contributed by atoms with Crippen LogP contribution in [0.2, 0.25) is 0 Å². The second-order valence-electron chi connectivity index (χ2n) is 5.54. The summed E-state index contributed by atoms with van der Waals surface area (Å²) in [6.45, 7) is 0.984. The van der Waals surface area contributed by atoms with Crippen LogP contribution in [0.5, 0.6) is 0 Å². The van der Waals surface area contributed by atoms with Crippen LogP contribution < -0.4 is 0 Å². The van der Waals surface area contributed by atoms with Crippen LogP contribution >= 0.6 is 0 Å². The van der Waals surface area contributed by atoms with E-state index in [1.807, 2.05) is 6.08 Å². The maximum Gasteiger partial charge on any atom is 0.407 e. The van der Waals surface area contributed by atoms with E-state index < -0.39 is 17.9 Å². The van der Waals surface area contributed by atoms with E-state index in [0.717, 1.165) is 12.8 Å². The third-order valence-corrected chi connectivity index (χ3v) is 4.20. The Morgan fingerprint density at radius 3 is 2.77 bits per heavy atom. The number of esters is 1. The molecule has 22 heavy (non-hydrogen) atoms. The van der Waals surface area contributed by atoms with Gasteiger partial charge in [-0.25, -0.2) is 14.0 Å². The highest BCUT2D eigenvalue weighted by Gasteiger charge is 2.25. The van der Waals surface area contributed by atoms with Gasteiger partial charge in [0, 0.05) is 24.2 Å². The van der Waals surface area contributed by atoms with Gasteiger partial charge in [0.2, 0.25) is 0 Å². The monoisotopic (exact) mass is 305 g/mol. The number of hydrogen-bond donors (Lipinski definition) is 1. The van der Waals surface area contributed by atoms with E-state index in [1.165, 1.54) is 4.90 Å². The van der Waals surface area contributed by atoms with Crippen LogP contribution in [0.1, 0.15) is 34.3 Å². The smallest absolute Gasteiger partial charge is 0.407 e. The summed E-state index contributed by atoms with van der Waals surface area (Å²) in [6.07, 6.45) is 4.20. The van der Waals surface area contributed by atoms with E-state index in [4.69, 9.17) is 9.84 Å². The highest BCUT2D eigenvalue weighted by atomic mass is 19.1. The molecule has 0 bridgehead atoms. The second-order valence-corrected chi connectivity index (χ2v) is 5.54. The molecule has 1 aromatic rings. The molecular weight excluding hydrogens is 289 g/mol. The minimum atomic E-state index is -0.892. The van der Waals surface area contributed by atoms with Gasteiger partial charge in [-0.2, -0.15) is 0 Å². The zero-order valence-corrected chi connectivity index (χ0v) is 11.9. The predicted molar refractivity (Wildman–Crippen MR) is 76.9 cm³/mol. The lowest BCUT2D eigenvalue weighted by Gasteiger charge is -2.28. The summed E-state index contributed by atoms with van der Waals surface area (Å²) < 4.78 is 19.1. The molecular formula is C16H16FNO4. The van der Waals surface area contributed by atoms with Gasteiger partial charge in [0.05, 0.1) is 5.56 Å². The van der Waals surface area contributed by atoms with E-state index in [-0.39, 0.29) is 12.5 Å². The molecule has 1 amide bonds. The van der Waals surface area contributed by atoms with E-state index in [9.17, 15) is 14.0 Å². The van der Waals surface area contributed by atoms with Gasteiger partial charge in [-0.15, -0.1) is 0 Å². The quantitative estimate of drug-likeness (QED) is 0.853. The number of allylic oxidation sites excluding steroid dienone is 1. The molecule has 1 fully saturated rings. The molecule has 116 valence electrons. The lowest BCUT2D eigenvalue weighted by Crippen LogP contribution is -2.36. The van der Waals surface area contributed by atoms with Gasteiger partial charge in [0.25, 0.3) is 0 Å². The van der Waals surface area contributed by atoms with Crippen molar-refractivity contribution in [2.24, 2.45) is 5.92 Å². The number of ether oxygens (including phenoxy) is 1. The van der Waals surface area contributed by atoms with E-state index in [1.54, 1.807) is 18.2 Å². The summed E-state index contributed by atoms with van der Waals surface area (Å²) in [7, 11) is 0. The fourth-order valence-corrected chi connectivity index (χ4v) is 2.84. The molecule has 2 aliphatic heterocycles. The number of fused-ring (bicyclic) bond motifs is 1. The van der Waals surface area contributed by atoms with Crippen LogP contribution in [0.25, 0.3) is 6.08 Å². The Morgan fingerprint density at radius 1 is 1.36 bits per heavy atom. The third kappa shape index (κ3) is 2.68. The molecule has 0 unspecified atom stereocenters. The summed E-state index contributed by atoms with van der Waals surface area (Å²) in [5.74, 6) is -0.658. The van der Waals surface area contributed by atoms with Crippen molar-refractivity contribution in [3.63, 3.8) is 0 Å². The fraction of sp³-hybridized carbons (Fsp3) is 0.375. The van der Waals surface area contributed by atoms with Crippen LogP contribution in [-0.2, 0) is 11.3 Å². The highest BCUT2D eigenvalue weighted by molar-refractivity contribution is 5.93.